The number of aryl methyl sites for hydroxylation is 1. The summed E-state index contributed by atoms with van der Waals surface area (Å²) in [6.45, 7) is 0. The van der Waals surface area contributed by atoms with Crippen molar-refractivity contribution in [3.8, 4) is 11.5 Å². The highest BCUT2D eigenvalue weighted by molar-refractivity contribution is 7.07. The Morgan fingerprint density at radius 3 is 2.68 bits per heavy atom. The Balaban J connectivity index is 1.63. The van der Waals surface area contributed by atoms with Crippen LogP contribution >= 0.6 is 11.3 Å². The van der Waals surface area contributed by atoms with E-state index in [0.29, 0.717) is 38.4 Å². The first kappa shape index (κ1) is 23.9. The van der Waals surface area contributed by atoms with E-state index in [-0.39, 0.29) is 11.2 Å². The lowest BCUT2D eigenvalue weighted by atomic mass is 9.83. The van der Waals surface area contributed by atoms with E-state index < -0.39 is 11.0 Å². The third-order valence-electron chi connectivity index (χ3n) is 6.99. The molecular weight excluding hydrogens is 502 g/mol. The van der Waals surface area contributed by atoms with Gasteiger partial charge in [-0.05, 0) is 53.8 Å². The molecule has 0 saturated heterocycles. The molecular formula is C29H23N3O5S. The third-order valence-corrected chi connectivity index (χ3v) is 7.98. The normalized spacial score (nSPS) is 16.3. The van der Waals surface area contributed by atoms with Gasteiger partial charge in [0, 0.05) is 23.3 Å². The number of nitro groups is 1. The van der Waals surface area contributed by atoms with Gasteiger partial charge < -0.3 is 9.47 Å². The van der Waals surface area contributed by atoms with Crippen LogP contribution in [0.25, 0.3) is 11.8 Å². The molecule has 0 amide bonds. The molecule has 1 aliphatic carbocycles. The first-order valence-electron chi connectivity index (χ1n) is 12.1. The van der Waals surface area contributed by atoms with E-state index in [4.69, 9.17) is 14.5 Å². The molecule has 0 saturated carbocycles. The monoisotopic (exact) mass is 525 g/mol. The Hall–Kier alpha value is -4.50. The smallest absolute Gasteiger partial charge is 0.271 e. The standard InChI is InChI=1S/C29H23N3O5S/c1-36-21-11-13-24(37-2)19(15-21)16-25-28(33)31-27(18-7-5-8-20(14-18)32(34)35)23-12-10-17-6-3-4-9-22(17)26(23)30-29(31)38-25/h3-9,11,13-16,27H,10,12H2,1-2H3/b25-16+/t27-/m1/s1. The molecule has 0 bridgehead atoms. The molecule has 0 spiro atoms. The van der Waals surface area contributed by atoms with Crippen LogP contribution in [-0.2, 0) is 6.42 Å². The topological polar surface area (TPSA) is 96.0 Å². The van der Waals surface area contributed by atoms with Gasteiger partial charge in [0.15, 0.2) is 4.80 Å². The first-order chi connectivity index (χ1) is 18.5. The van der Waals surface area contributed by atoms with E-state index in [2.05, 4.69) is 6.07 Å². The Labute approximate surface area is 221 Å². The van der Waals surface area contributed by atoms with Crippen LogP contribution in [0.2, 0.25) is 0 Å². The predicted octanol–water partition coefficient (Wildman–Crippen LogP) is 4.24. The van der Waals surface area contributed by atoms with Gasteiger partial charge in [0.1, 0.15) is 11.5 Å². The van der Waals surface area contributed by atoms with E-state index in [1.165, 1.54) is 23.0 Å². The summed E-state index contributed by atoms with van der Waals surface area (Å²) in [5.74, 6) is 1.26. The summed E-state index contributed by atoms with van der Waals surface area (Å²) < 4.78 is 13.0. The summed E-state index contributed by atoms with van der Waals surface area (Å²) in [7, 11) is 3.16. The Morgan fingerprint density at radius 2 is 1.89 bits per heavy atom. The largest absolute Gasteiger partial charge is 0.497 e. The number of hydrogen-bond donors (Lipinski definition) is 0. The van der Waals surface area contributed by atoms with E-state index in [1.54, 1.807) is 49.1 Å². The predicted molar refractivity (Wildman–Crippen MR) is 145 cm³/mol. The van der Waals surface area contributed by atoms with Gasteiger partial charge in [-0.15, -0.1) is 0 Å². The van der Waals surface area contributed by atoms with Crippen LogP contribution in [0.5, 0.6) is 11.5 Å². The minimum atomic E-state index is -0.496. The van der Waals surface area contributed by atoms with Crippen molar-refractivity contribution in [1.29, 1.82) is 0 Å². The second-order valence-electron chi connectivity index (χ2n) is 9.07. The quantitative estimate of drug-likeness (QED) is 0.287. The van der Waals surface area contributed by atoms with Crippen LogP contribution in [0.15, 0.2) is 82.1 Å². The molecule has 4 aromatic rings. The van der Waals surface area contributed by atoms with Gasteiger partial charge in [-0.25, -0.2) is 4.99 Å². The summed E-state index contributed by atoms with van der Waals surface area (Å²) >= 11 is 1.29. The summed E-state index contributed by atoms with van der Waals surface area (Å²) in [4.78, 5) is 30.7. The lowest BCUT2D eigenvalue weighted by Crippen LogP contribution is -2.38. The number of non-ortho nitro benzene ring substituents is 1. The summed E-state index contributed by atoms with van der Waals surface area (Å²) in [5, 5.41) is 11.6. The molecule has 9 heteroatoms. The Kier molecular flexibility index (Phi) is 5.92. The molecule has 1 aromatic heterocycles. The Bertz CT molecular complexity index is 1820. The summed E-state index contributed by atoms with van der Waals surface area (Å²) in [6.07, 6.45) is 3.30. The summed E-state index contributed by atoms with van der Waals surface area (Å²) in [6, 6.07) is 19.6. The minimum Gasteiger partial charge on any atom is -0.497 e. The zero-order chi connectivity index (χ0) is 26.4. The molecule has 38 heavy (non-hydrogen) atoms. The van der Waals surface area contributed by atoms with Gasteiger partial charge in [0.25, 0.3) is 11.2 Å². The van der Waals surface area contributed by atoms with Crippen LogP contribution in [-0.4, -0.2) is 23.7 Å². The third kappa shape index (κ3) is 3.92. The molecule has 6 rings (SSSR count). The number of fused-ring (bicyclic) bond motifs is 3. The SMILES string of the molecule is COc1ccc(OC)c(/C=c2/sc3n(c2=O)[C@H](c2cccc([N+](=O)[O-])c2)C2=C(N=3)c3ccccc3CC2)c1. The van der Waals surface area contributed by atoms with E-state index in [1.807, 2.05) is 30.3 Å². The number of hydrogen-bond acceptors (Lipinski definition) is 7. The van der Waals surface area contributed by atoms with Crippen molar-refractivity contribution in [2.45, 2.75) is 18.9 Å². The van der Waals surface area contributed by atoms with Gasteiger partial charge in [0.2, 0.25) is 0 Å². The maximum atomic E-state index is 13.9. The van der Waals surface area contributed by atoms with Crippen LogP contribution < -0.4 is 24.4 Å². The average molecular weight is 526 g/mol. The number of nitrogens with zero attached hydrogens (tertiary/aromatic N) is 3. The molecule has 8 nitrogen and oxygen atoms in total. The fourth-order valence-electron chi connectivity index (χ4n) is 5.22. The number of allylic oxidation sites excluding steroid dienone is 1. The molecule has 1 aliphatic heterocycles. The summed E-state index contributed by atoms with van der Waals surface area (Å²) in [5.41, 5.74) is 5.24. The highest BCUT2D eigenvalue weighted by Gasteiger charge is 2.33. The fraction of sp³-hybridized carbons (Fsp3) is 0.172. The number of rotatable bonds is 5. The highest BCUT2D eigenvalue weighted by Crippen LogP contribution is 2.41. The van der Waals surface area contributed by atoms with Crippen molar-refractivity contribution < 1.29 is 14.4 Å². The Morgan fingerprint density at radius 1 is 1.05 bits per heavy atom. The molecule has 0 fully saturated rings. The van der Waals surface area contributed by atoms with Gasteiger partial charge >= 0.3 is 0 Å². The molecule has 0 unspecified atom stereocenters. The lowest BCUT2D eigenvalue weighted by Gasteiger charge is -2.30. The first-order valence-corrected chi connectivity index (χ1v) is 12.9. The number of ether oxygens (including phenoxy) is 2. The highest BCUT2D eigenvalue weighted by atomic mass is 32.1. The zero-order valence-electron chi connectivity index (χ0n) is 20.7. The van der Waals surface area contributed by atoms with Crippen molar-refractivity contribution in [2.75, 3.05) is 14.2 Å². The number of benzene rings is 3. The maximum absolute atomic E-state index is 13.9. The molecule has 2 aliphatic rings. The number of nitro benzene ring substituents is 1. The zero-order valence-corrected chi connectivity index (χ0v) is 21.5. The van der Waals surface area contributed by atoms with Gasteiger partial charge in [-0.3, -0.25) is 19.5 Å². The number of methoxy groups -OCH3 is 2. The molecule has 2 heterocycles. The van der Waals surface area contributed by atoms with Gasteiger partial charge in [-0.2, -0.15) is 0 Å². The minimum absolute atomic E-state index is 0.0129. The van der Waals surface area contributed by atoms with Crippen LogP contribution in [0, 0.1) is 10.1 Å². The second kappa shape index (κ2) is 9.42. The fourth-order valence-corrected chi connectivity index (χ4v) is 6.22. The second-order valence-corrected chi connectivity index (χ2v) is 10.1. The average Bonchev–Trinajstić information content (AvgIpc) is 3.25. The molecule has 0 N–H and O–H groups in total. The van der Waals surface area contributed by atoms with Crippen LogP contribution in [0.3, 0.4) is 0 Å². The lowest BCUT2D eigenvalue weighted by molar-refractivity contribution is -0.384. The van der Waals surface area contributed by atoms with E-state index in [9.17, 15) is 14.9 Å². The van der Waals surface area contributed by atoms with E-state index in [0.717, 1.165) is 23.3 Å². The van der Waals surface area contributed by atoms with Gasteiger partial charge in [-0.1, -0.05) is 47.7 Å². The number of aromatic nitrogens is 1. The molecule has 0 radical (unpaired) electrons. The number of thiazole rings is 1. The van der Waals surface area contributed by atoms with Crippen molar-refractivity contribution in [3.63, 3.8) is 0 Å². The maximum Gasteiger partial charge on any atom is 0.271 e. The molecule has 1 atom stereocenters. The van der Waals surface area contributed by atoms with Crippen molar-refractivity contribution >= 4 is 28.8 Å². The van der Waals surface area contributed by atoms with Crippen LogP contribution in [0.1, 0.15) is 34.7 Å². The van der Waals surface area contributed by atoms with Crippen LogP contribution in [0.4, 0.5) is 5.69 Å². The van der Waals surface area contributed by atoms with E-state index >= 15 is 0 Å². The molecule has 190 valence electrons. The molecule has 3 aromatic carbocycles. The van der Waals surface area contributed by atoms with Crippen molar-refractivity contribution in [1.82, 2.24) is 4.57 Å². The van der Waals surface area contributed by atoms with Gasteiger partial charge in [0.05, 0.1) is 35.4 Å². The van der Waals surface area contributed by atoms with Crippen molar-refractivity contribution in [2.24, 2.45) is 4.99 Å². The van der Waals surface area contributed by atoms with Crippen molar-refractivity contribution in [3.05, 3.63) is 124 Å².